The van der Waals surface area contributed by atoms with Crippen LogP contribution in [0.1, 0.15) is 29.3 Å². The third-order valence-electron chi connectivity index (χ3n) is 3.97. The number of rotatable bonds is 3. The zero-order valence-electron chi connectivity index (χ0n) is 11.0. The number of anilines is 1. The van der Waals surface area contributed by atoms with Crippen LogP contribution >= 0.6 is 11.8 Å². The van der Waals surface area contributed by atoms with Crippen LogP contribution < -0.4 is 5.32 Å². The number of nitrogens with zero attached hydrogens (tertiary/aromatic N) is 2. The predicted octanol–water partition coefficient (Wildman–Crippen LogP) is 2.76. The van der Waals surface area contributed by atoms with Gasteiger partial charge >= 0.3 is 0 Å². The summed E-state index contributed by atoms with van der Waals surface area (Å²) in [6.45, 7) is 0. The average Bonchev–Trinajstić information content (AvgIpc) is 3.10. The first kappa shape index (κ1) is 12.0. The molecule has 1 aromatic heterocycles. The molecule has 2 aliphatic rings. The Hall–Kier alpha value is -1.75. The third-order valence-corrected chi connectivity index (χ3v) is 4.94. The molecular weight excluding hydrogens is 270 g/mol. The molecule has 0 saturated carbocycles. The van der Waals surface area contributed by atoms with Gasteiger partial charge in [0.1, 0.15) is 11.9 Å². The van der Waals surface area contributed by atoms with Crippen LogP contribution in [0.2, 0.25) is 0 Å². The zero-order valence-corrected chi connectivity index (χ0v) is 11.8. The predicted molar refractivity (Wildman–Crippen MR) is 79.7 cm³/mol. The molecule has 1 unspecified atom stereocenters. The molecule has 5 heteroatoms. The highest BCUT2D eigenvalue weighted by Crippen LogP contribution is 2.39. The van der Waals surface area contributed by atoms with Gasteiger partial charge in [-0.2, -0.15) is 16.9 Å². The molecule has 3 heterocycles. The molecule has 1 N–H and O–H groups in total. The molecule has 102 valence electrons. The summed E-state index contributed by atoms with van der Waals surface area (Å²) in [6, 6.07) is 10.1. The van der Waals surface area contributed by atoms with Crippen LogP contribution in [0.25, 0.3) is 0 Å². The fraction of sp³-hybridized carbons (Fsp3) is 0.333. The average molecular weight is 285 g/mol. The van der Waals surface area contributed by atoms with Gasteiger partial charge in [-0.05, 0) is 18.4 Å². The molecule has 4 nitrogen and oxygen atoms in total. The van der Waals surface area contributed by atoms with E-state index in [1.807, 2.05) is 34.6 Å². The highest BCUT2D eigenvalue weighted by molar-refractivity contribution is 7.98. The SMILES string of the molecule is O=C1Nc2c3c(nn2C1CCc1ccccc1)CSC3. The summed E-state index contributed by atoms with van der Waals surface area (Å²) in [4.78, 5) is 12.1. The number of carbonyl (C=O) groups is 1. The molecule has 1 aromatic carbocycles. The van der Waals surface area contributed by atoms with Gasteiger partial charge in [0.15, 0.2) is 0 Å². The number of carbonyl (C=O) groups excluding carboxylic acids is 1. The summed E-state index contributed by atoms with van der Waals surface area (Å²) in [5.41, 5.74) is 3.64. The van der Waals surface area contributed by atoms with Crippen molar-refractivity contribution in [2.24, 2.45) is 0 Å². The molecule has 4 rings (SSSR count). The quantitative estimate of drug-likeness (QED) is 0.943. The molecule has 0 radical (unpaired) electrons. The Morgan fingerprint density at radius 1 is 1.30 bits per heavy atom. The summed E-state index contributed by atoms with van der Waals surface area (Å²) in [7, 11) is 0. The summed E-state index contributed by atoms with van der Waals surface area (Å²) in [6.07, 6.45) is 1.70. The van der Waals surface area contributed by atoms with Crippen molar-refractivity contribution in [3.05, 3.63) is 47.2 Å². The number of amides is 1. The van der Waals surface area contributed by atoms with Gasteiger partial charge in [0.25, 0.3) is 0 Å². The van der Waals surface area contributed by atoms with E-state index in [2.05, 4.69) is 22.5 Å². The first-order chi connectivity index (χ1) is 9.83. The molecular formula is C15H15N3OS. The van der Waals surface area contributed by atoms with Crippen molar-refractivity contribution in [3.8, 4) is 0 Å². The number of thioether (sulfide) groups is 1. The standard InChI is InChI=1S/C15H15N3OS/c19-15-13(7-6-10-4-2-1-3-5-10)18-14(16-15)11-8-20-9-12(11)17-18/h1-5,13H,6-9H2,(H,16,19). The summed E-state index contributed by atoms with van der Waals surface area (Å²) >= 11 is 1.86. The lowest BCUT2D eigenvalue weighted by atomic mass is 10.1. The first-order valence-corrected chi connectivity index (χ1v) is 8.01. The molecule has 0 spiro atoms. The molecule has 1 amide bonds. The molecule has 20 heavy (non-hydrogen) atoms. The van der Waals surface area contributed by atoms with E-state index in [4.69, 9.17) is 0 Å². The van der Waals surface area contributed by atoms with E-state index in [0.29, 0.717) is 0 Å². The number of hydrogen-bond acceptors (Lipinski definition) is 3. The number of hydrogen-bond donors (Lipinski definition) is 1. The Balaban J connectivity index is 1.56. The van der Waals surface area contributed by atoms with Gasteiger partial charge in [0.2, 0.25) is 5.91 Å². The number of nitrogens with one attached hydrogen (secondary N) is 1. The summed E-state index contributed by atoms with van der Waals surface area (Å²) < 4.78 is 1.91. The van der Waals surface area contributed by atoms with Crippen LogP contribution in [-0.4, -0.2) is 15.7 Å². The lowest BCUT2D eigenvalue weighted by molar-refractivity contribution is -0.118. The van der Waals surface area contributed by atoms with Gasteiger partial charge in [0.05, 0.1) is 5.69 Å². The van der Waals surface area contributed by atoms with E-state index in [1.165, 1.54) is 11.1 Å². The first-order valence-electron chi connectivity index (χ1n) is 6.86. The molecule has 0 fully saturated rings. The van der Waals surface area contributed by atoms with Crippen LogP contribution in [0.3, 0.4) is 0 Å². The monoisotopic (exact) mass is 285 g/mol. The Kier molecular flexibility index (Phi) is 2.80. The molecule has 0 bridgehead atoms. The maximum atomic E-state index is 12.1. The van der Waals surface area contributed by atoms with Gasteiger partial charge in [-0.1, -0.05) is 30.3 Å². The molecule has 2 aliphatic heterocycles. The maximum absolute atomic E-state index is 12.1. The van der Waals surface area contributed by atoms with E-state index in [1.54, 1.807) is 0 Å². The van der Waals surface area contributed by atoms with Crippen molar-refractivity contribution in [2.45, 2.75) is 30.4 Å². The minimum absolute atomic E-state index is 0.0862. The van der Waals surface area contributed by atoms with Crippen LogP contribution in [0.15, 0.2) is 30.3 Å². The van der Waals surface area contributed by atoms with Gasteiger partial charge in [0, 0.05) is 17.1 Å². The molecule has 0 aliphatic carbocycles. The highest BCUT2D eigenvalue weighted by atomic mass is 32.2. The van der Waals surface area contributed by atoms with Gasteiger partial charge < -0.3 is 5.32 Å². The van der Waals surface area contributed by atoms with Crippen molar-refractivity contribution in [1.29, 1.82) is 0 Å². The van der Waals surface area contributed by atoms with Gasteiger partial charge in [-0.15, -0.1) is 0 Å². The Labute approximate surface area is 121 Å². The number of aryl methyl sites for hydroxylation is 1. The van der Waals surface area contributed by atoms with Crippen molar-refractivity contribution in [1.82, 2.24) is 9.78 Å². The van der Waals surface area contributed by atoms with Crippen LogP contribution in [0.5, 0.6) is 0 Å². The Morgan fingerprint density at radius 3 is 3.00 bits per heavy atom. The highest BCUT2D eigenvalue weighted by Gasteiger charge is 2.36. The summed E-state index contributed by atoms with van der Waals surface area (Å²) in [5.74, 6) is 2.96. The Morgan fingerprint density at radius 2 is 2.15 bits per heavy atom. The molecule has 0 saturated heterocycles. The molecule has 1 atom stereocenters. The van der Waals surface area contributed by atoms with Crippen molar-refractivity contribution >= 4 is 23.5 Å². The second-order valence-electron chi connectivity index (χ2n) is 5.24. The van der Waals surface area contributed by atoms with Crippen LogP contribution in [-0.2, 0) is 22.7 Å². The fourth-order valence-corrected chi connectivity index (χ4v) is 3.94. The third kappa shape index (κ3) is 1.85. The van der Waals surface area contributed by atoms with Crippen molar-refractivity contribution < 1.29 is 4.79 Å². The topological polar surface area (TPSA) is 46.9 Å². The van der Waals surface area contributed by atoms with Crippen LogP contribution in [0, 0.1) is 0 Å². The second kappa shape index (κ2) is 4.66. The number of fused-ring (bicyclic) bond motifs is 3. The summed E-state index contributed by atoms with van der Waals surface area (Å²) in [5, 5.41) is 7.64. The zero-order chi connectivity index (χ0) is 13.5. The maximum Gasteiger partial charge on any atom is 0.250 e. The lowest BCUT2D eigenvalue weighted by Gasteiger charge is -2.09. The smallest absolute Gasteiger partial charge is 0.250 e. The Bertz CT molecular complexity index is 665. The number of benzene rings is 1. The lowest BCUT2D eigenvalue weighted by Crippen LogP contribution is -2.17. The largest absolute Gasteiger partial charge is 0.309 e. The van der Waals surface area contributed by atoms with Crippen LogP contribution in [0.4, 0.5) is 5.82 Å². The van der Waals surface area contributed by atoms with E-state index in [-0.39, 0.29) is 11.9 Å². The van der Waals surface area contributed by atoms with E-state index in [9.17, 15) is 4.79 Å². The second-order valence-corrected chi connectivity index (χ2v) is 6.23. The normalized spacial score (nSPS) is 19.8. The molecule has 2 aromatic rings. The van der Waals surface area contributed by atoms with E-state index >= 15 is 0 Å². The van der Waals surface area contributed by atoms with Gasteiger partial charge in [-0.25, -0.2) is 4.68 Å². The van der Waals surface area contributed by atoms with E-state index in [0.717, 1.165) is 35.9 Å². The van der Waals surface area contributed by atoms with Gasteiger partial charge in [-0.3, -0.25) is 4.79 Å². The van der Waals surface area contributed by atoms with E-state index < -0.39 is 0 Å². The van der Waals surface area contributed by atoms with Crippen molar-refractivity contribution in [3.63, 3.8) is 0 Å². The minimum atomic E-state index is -0.152. The minimum Gasteiger partial charge on any atom is -0.309 e. The fourth-order valence-electron chi connectivity index (χ4n) is 2.90. The number of aromatic nitrogens is 2. The van der Waals surface area contributed by atoms with Crippen molar-refractivity contribution in [2.75, 3.05) is 5.32 Å².